The zero-order valence-corrected chi connectivity index (χ0v) is 13.9. The molecule has 0 amide bonds. The Morgan fingerprint density at radius 3 is 2.33 bits per heavy atom. The Hall–Kier alpha value is -2.39. The zero-order valence-electron chi connectivity index (χ0n) is 13.9. The Balaban J connectivity index is 1.79. The Labute approximate surface area is 142 Å². The van der Waals surface area contributed by atoms with Gasteiger partial charge in [0.2, 0.25) is 0 Å². The first-order valence-corrected chi connectivity index (χ1v) is 8.43. The van der Waals surface area contributed by atoms with Crippen molar-refractivity contribution in [2.24, 2.45) is 0 Å². The summed E-state index contributed by atoms with van der Waals surface area (Å²) in [6, 6.07) is 19.7. The number of fused-ring (bicyclic) bond motifs is 1. The topological polar surface area (TPSA) is 6.48 Å². The van der Waals surface area contributed by atoms with E-state index in [9.17, 15) is 4.39 Å². The largest absolute Gasteiger partial charge is 0.368 e. The van der Waals surface area contributed by atoms with Gasteiger partial charge in [-0.2, -0.15) is 0 Å². The summed E-state index contributed by atoms with van der Waals surface area (Å²) < 4.78 is 13.6. The smallest absolute Gasteiger partial charge is 0.123 e. The van der Waals surface area contributed by atoms with Gasteiger partial charge in [-0.3, -0.25) is 0 Å². The van der Waals surface area contributed by atoms with E-state index in [4.69, 9.17) is 0 Å². The summed E-state index contributed by atoms with van der Waals surface area (Å²) in [5.41, 5.74) is 3.26. The molecule has 3 heteroatoms. The minimum absolute atomic E-state index is 0.194. The minimum Gasteiger partial charge on any atom is -0.368 e. The first-order valence-electron chi connectivity index (χ1n) is 8.43. The highest BCUT2D eigenvalue weighted by Gasteiger charge is 2.16. The number of anilines is 1. The average molecular weight is 320 g/mol. The maximum Gasteiger partial charge on any atom is 0.123 e. The fraction of sp³-hybridized carbons (Fsp3) is 0.238. The van der Waals surface area contributed by atoms with Gasteiger partial charge in [-0.05, 0) is 47.8 Å². The summed E-state index contributed by atoms with van der Waals surface area (Å²) in [6.45, 7) is 4.25. The summed E-state index contributed by atoms with van der Waals surface area (Å²) in [4.78, 5) is 4.82. The van der Waals surface area contributed by atoms with Crippen molar-refractivity contribution in [3.8, 4) is 11.1 Å². The van der Waals surface area contributed by atoms with Crippen LogP contribution in [0.5, 0.6) is 0 Å². The normalized spacial score (nSPS) is 15.8. The van der Waals surface area contributed by atoms with E-state index in [1.807, 2.05) is 6.07 Å². The lowest BCUT2D eigenvalue weighted by Gasteiger charge is -2.34. The molecule has 0 aliphatic carbocycles. The fourth-order valence-electron chi connectivity index (χ4n) is 3.43. The molecule has 0 atom stereocenters. The number of hydrogen-bond acceptors (Lipinski definition) is 2. The van der Waals surface area contributed by atoms with Crippen LogP contribution in [0.25, 0.3) is 21.9 Å². The highest BCUT2D eigenvalue weighted by molar-refractivity contribution is 5.97. The number of hydrogen-bond donors (Lipinski definition) is 0. The van der Waals surface area contributed by atoms with Gasteiger partial charge in [0.05, 0.1) is 0 Å². The van der Waals surface area contributed by atoms with Gasteiger partial charge in [-0.1, -0.05) is 36.4 Å². The predicted octanol–water partition coefficient (Wildman–Crippen LogP) is 4.40. The monoisotopic (exact) mass is 320 g/mol. The third kappa shape index (κ3) is 2.87. The molecule has 0 spiro atoms. The van der Waals surface area contributed by atoms with Crippen LogP contribution in [0.15, 0.2) is 60.7 Å². The Morgan fingerprint density at radius 2 is 1.54 bits per heavy atom. The molecule has 24 heavy (non-hydrogen) atoms. The third-order valence-electron chi connectivity index (χ3n) is 4.86. The molecule has 3 aromatic carbocycles. The molecule has 0 saturated carbocycles. The van der Waals surface area contributed by atoms with E-state index in [0.717, 1.165) is 37.3 Å². The van der Waals surface area contributed by atoms with E-state index in [0.29, 0.717) is 0 Å². The molecule has 4 rings (SSSR count). The molecule has 3 aromatic rings. The van der Waals surface area contributed by atoms with Crippen LogP contribution < -0.4 is 4.90 Å². The van der Waals surface area contributed by atoms with Crippen molar-refractivity contribution in [2.75, 3.05) is 38.1 Å². The molecule has 1 saturated heterocycles. The van der Waals surface area contributed by atoms with Crippen molar-refractivity contribution in [3.63, 3.8) is 0 Å². The van der Waals surface area contributed by atoms with Crippen molar-refractivity contribution in [1.82, 2.24) is 4.90 Å². The highest BCUT2D eigenvalue weighted by Crippen LogP contribution is 2.32. The van der Waals surface area contributed by atoms with Gasteiger partial charge in [-0.25, -0.2) is 4.39 Å². The van der Waals surface area contributed by atoms with Crippen LogP contribution in [0.3, 0.4) is 0 Å². The average Bonchev–Trinajstić information content (AvgIpc) is 2.61. The summed E-state index contributed by atoms with van der Waals surface area (Å²) in [7, 11) is 2.17. The van der Waals surface area contributed by atoms with Crippen LogP contribution in [0, 0.1) is 5.82 Å². The molecule has 0 bridgehead atoms. The lowest BCUT2D eigenvalue weighted by atomic mass is 9.99. The fourth-order valence-corrected chi connectivity index (χ4v) is 3.43. The van der Waals surface area contributed by atoms with Crippen molar-refractivity contribution in [1.29, 1.82) is 0 Å². The lowest BCUT2D eigenvalue weighted by Crippen LogP contribution is -2.44. The van der Waals surface area contributed by atoms with Crippen LogP contribution >= 0.6 is 0 Å². The van der Waals surface area contributed by atoms with Crippen LogP contribution in [0.1, 0.15) is 0 Å². The summed E-state index contributed by atoms with van der Waals surface area (Å²) >= 11 is 0. The molecule has 2 nitrogen and oxygen atoms in total. The van der Waals surface area contributed by atoms with Gasteiger partial charge >= 0.3 is 0 Å². The lowest BCUT2D eigenvalue weighted by molar-refractivity contribution is 0.313. The van der Waals surface area contributed by atoms with Crippen LogP contribution in [-0.4, -0.2) is 38.1 Å². The number of halogens is 1. The first-order chi connectivity index (χ1) is 11.7. The molecule has 0 unspecified atom stereocenters. The van der Waals surface area contributed by atoms with Crippen LogP contribution in [0.4, 0.5) is 10.1 Å². The first kappa shape index (κ1) is 15.2. The van der Waals surface area contributed by atoms with E-state index < -0.39 is 0 Å². The third-order valence-corrected chi connectivity index (χ3v) is 4.86. The number of likely N-dealkylation sites (N-methyl/N-ethyl adjacent to an activating group) is 1. The van der Waals surface area contributed by atoms with Crippen LogP contribution in [-0.2, 0) is 0 Å². The van der Waals surface area contributed by atoms with E-state index in [1.54, 1.807) is 12.1 Å². The van der Waals surface area contributed by atoms with E-state index in [1.165, 1.54) is 22.5 Å². The second-order valence-electron chi connectivity index (χ2n) is 6.51. The van der Waals surface area contributed by atoms with E-state index in [-0.39, 0.29) is 5.82 Å². The molecule has 1 heterocycles. The molecule has 122 valence electrons. The zero-order chi connectivity index (χ0) is 16.5. The Kier molecular flexibility index (Phi) is 3.95. The van der Waals surface area contributed by atoms with Gasteiger partial charge < -0.3 is 9.80 Å². The Bertz CT molecular complexity index is 867. The standard InChI is InChI=1S/C21H21FN2/c1-23-10-12-24(13-11-23)21-7-3-4-16-8-9-18(15-20(16)21)17-5-2-6-19(22)14-17/h2-9,14-15H,10-13H2,1H3. The van der Waals surface area contributed by atoms with E-state index in [2.05, 4.69) is 53.2 Å². The summed E-state index contributed by atoms with van der Waals surface area (Å²) in [6.07, 6.45) is 0. The van der Waals surface area contributed by atoms with Gasteiger partial charge in [0.25, 0.3) is 0 Å². The number of nitrogens with zero attached hydrogens (tertiary/aromatic N) is 2. The maximum atomic E-state index is 13.6. The van der Waals surface area contributed by atoms with Crippen molar-refractivity contribution in [3.05, 3.63) is 66.5 Å². The number of piperazine rings is 1. The van der Waals surface area contributed by atoms with E-state index >= 15 is 0 Å². The Morgan fingerprint density at radius 1 is 0.792 bits per heavy atom. The van der Waals surface area contributed by atoms with Crippen molar-refractivity contribution in [2.45, 2.75) is 0 Å². The number of rotatable bonds is 2. The van der Waals surface area contributed by atoms with Gasteiger partial charge in [0, 0.05) is 37.3 Å². The molecule has 0 aromatic heterocycles. The number of benzene rings is 3. The predicted molar refractivity (Wildman–Crippen MR) is 99.1 cm³/mol. The van der Waals surface area contributed by atoms with Crippen molar-refractivity contribution < 1.29 is 4.39 Å². The minimum atomic E-state index is -0.194. The quantitative estimate of drug-likeness (QED) is 0.690. The van der Waals surface area contributed by atoms with Gasteiger partial charge in [0.15, 0.2) is 0 Å². The SMILES string of the molecule is CN1CCN(c2cccc3ccc(-c4cccc(F)c4)cc23)CC1. The molecule has 0 N–H and O–H groups in total. The maximum absolute atomic E-state index is 13.6. The molecule has 0 radical (unpaired) electrons. The van der Waals surface area contributed by atoms with Crippen molar-refractivity contribution >= 4 is 16.5 Å². The molecular formula is C21H21FN2. The van der Waals surface area contributed by atoms with Gasteiger partial charge in [-0.15, -0.1) is 0 Å². The molecule has 1 aliphatic heterocycles. The summed E-state index contributed by atoms with van der Waals surface area (Å²) in [5.74, 6) is -0.194. The molecule has 1 fully saturated rings. The second-order valence-corrected chi connectivity index (χ2v) is 6.51. The highest BCUT2D eigenvalue weighted by atomic mass is 19.1. The van der Waals surface area contributed by atoms with Crippen LogP contribution in [0.2, 0.25) is 0 Å². The van der Waals surface area contributed by atoms with Gasteiger partial charge in [0.1, 0.15) is 5.82 Å². The molecule has 1 aliphatic rings. The second kappa shape index (κ2) is 6.25. The molecular weight excluding hydrogens is 299 g/mol. The summed E-state index contributed by atoms with van der Waals surface area (Å²) in [5, 5.41) is 2.47.